The number of nitrogens with zero attached hydrogens (tertiary/aromatic N) is 2. The van der Waals surface area contributed by atoms with Gasteiger partial charge in [-0.25, -0.2) is 9.78 Å². The van der Waals surface area contributed by atoms with Gasteiger partial charge in [-0.3, -0.25) is 9.20 Å². The number of para-hydroxylation sites is 1. The molecule has 3 rings (SSSR count). The van der Waals surface area contributed by atoms with Crippen LogP contribution in [-0.4, -0.2) is 20.5 Å². The third-order valence-corrected chi connectivity index (χ3v) is 2.81. The lowest BCUT2D eigenvalue weighted by Gasteiger charge is -2.05. The summed E-state index contributed by atoms with van der Waals surface area (Å²) < 4.78 is 1.32. The normalized spacial score (nSPS) is 10.9. The van der Waals surface area contributed by atoms with Gasteiger partial charge >= 0.3 is 5.97 Å². The Kier molecular flexibility index (Phi) is 2.13. The second kappa shape index (κ2) is 3.66. The van der Waals surface area contributed by atoms with Crippen molar-refractivity contribution in [2.24, 2.45) is 0 Å². The van der Waals surface area contributed by atoms with Crippen LogP contribution in [0.5, 0.6) is 0 Å². The first kappa shape index (κ1) is 10.5. The molecule has 2 aromatic heterocycles. The van der Waals surface area contributed by atoms with Gasteiger partial charge in [-0.05, 0) is 23.6 Å². The molecule has 5 nitrogen and oxygen atoms in total. The maximum atomic E-state index is 12.1. The topological polar surface area (TPSA) is 71.7 Å². The van der Waals surface area contributed by atoms with Gasteiger partial charge in [0.2, 0.25) is 0 Å². The molecule has 2 heterocycles. The van der Waals surface area contributed by atoms with E-state index in [4.69, 9.17) is 5.11 Å². The highest BCUT2D eigenvalue weighted by atomic mass is 16.4. The monoisotopic (exact) mass is 240 g/mol. The minimum atomic E-state index is -1.27. The van der Waals surface area contributed by atoms with Crippen LogP contribution in [0.1, 0.15) is 10.4 Å². The SMILES string of the molecule is O=C(O)c1cnc2ccc3ccccc3n2c1=O. The number of benzene rings is 1. The summed E-state index contributed by atoms with van der Waals surface area (Å²) in [6.45, 7) is 0. The van der Waals surface area contributed by atoms with Crippen LogP contribution in [0.2, 0.25) is 0 Å². The first-order chi connectivity index (χ1) is 8.68. The van der Waals surface area contributed by atoms with Crippen LogP contribution in [0.25, 0.3) is 16.6 Å². The smallest absolute Gasteiger partial charge is 0.342 e. The van der Waals surface area contributed by atoms with Crippen LogP contribution in [0.3, 0.4) is 0 Å². The molecule has 0 aliphatic rings. The van der Waals surface area contributed by atoms with Gasteiger partial charge in [0.05, 0.1) is 5.52 Å². The van der Waals surface area contributed by atoms with Crippen LogP contribution < -0.4 is 5.56 Å². The number of rotatable bonds is 1. The molecule has 0 radical (unpaired) electrons. The number of aromatic nitrogens is 2. The lowest BCUT2D eigenvalue weighted by Crippen LogP contribution is -2.23. The van der Waals surface area contributed by atoms with Crippen molar-refractivity contribution >= 4 is 22.5 Å². The van der Waals surface area contributed by atoms with Gasteiger partial charge in [0.15, 0.2) is 0 Å². The summed E-state index contributed by atoms with van der Waals surface area (Å²) >= 11 is 0. The summed E-state index contributed by atoms with van der Waals surface area (Å²) in [5.74, 6) is -1.27. The molecule has 0 saturated heterocycles. The Balaban J connectivity index is 2.59. The third kappa shape index (κ3) is 1.37. The number of hydrogen-bond donors (Lipinski definition) is 1. The molecule has 5 heteroatoms. The molecular formula is C13H8N2O3. The fraction of sp³-hybridized carbons (Fsp3) is 0. The first-order valence-electron chi connectivity index (χ1n) is 5.31. The Morgan fingerprint density at radius 3 is 2.72 bits per heavy atom. The van der Waals surface area contributed by atoms with Gasteiger partial charge in [-0.2, -0.15) is 0 Å². The van der Waals surface area contributed by atoms with Gasteiger partial charge in [-0.15, -0.1) is 0 Å². The summed E-state index contributed by atoms with van der Waals surface area (Å²) in [6.07, 6.45) is 1.09. The Labute approximate surface area is 101 Å². The highest BCUT2D eigenvalue weighted by Crippen LogP contribution is 2.13. The molecule has 0 saturated carbocycles. The quantitative estimate of drug-likeness (QED) is 0.655. The molecule has 0 aliphatic carbocycles. The number of carboxylic acids is 1. The fourth-order valence-corrected chi connectivity index (χ4v) is 1.96. The van der Waals surface area contributed by atoms with E-state index in [0.717, 1.165) is 11.6 Å². The van der Waals surface area contributed by atoms with Crippen LogP contribution in [0, 0.1) is 0 Å². The number of carbonyl (C=O) groups is 1. The molecule has 0 bridgehead atoms. The van der Waals surface area contributed by atoms with Gasteiger partial charge in [0, 0.05) is 6.20 Å². The number of hydrogen-bond acceptors (Lipinski definition) is 3. The number of pyridine rings is 1. The summed E-state index contributed by atoms with van der Waals surface area (Å²) in [4.78, 5) is 27.1. The molecule has 3 aromatic rings. The van der Waals surface area contributed by atoms with Crippen molar-refractivity contribution in [3.05, 3.63) is 58.5 Å². The van der Waals surface area contributed by atoms with Crippen molar-refractivity contribution in [1.82, 2.24) is 9.38 Å². The van der Waals surface area contributed by atoms with Crippen LogP contribution in [0.4, 0.5) is 0 Å². The van der Waals surface area contributed by atoms with Gasteiger partial charge in [-0.1, -0.05) is 18.2 Å². The van der Waals surface area contributed by atoms with Crippen molar-refractivity contribution in [1.29, 1.82) is 0 Å². The number of carboxylic acid groups (broad SMARTS) is 1. The summed E-state index contributed by atoms with van der Waals surface area (Å²) in [5.41, 5.74) is 0.187. The predicted octanol–water partition coefficient (Wildman–Crippen LogP) is 1.55. The van der Waals surface area contributed by atoms with E-state index in [0.29, 0.717) is 11.2 Å². The molecule has 0 spiro atoms. The second-order valence-electron chi connectivity index (χ2n) is 3.87. The van der Waals surface area contributed by atoms with Crippen molar-refractivity contribution in [2.45, 2.75) is 0 Å². The average molecular weight is 240 g/mol. The van der Waals surface area contributed by atoms with Crippen molar-refractivity contribution in [3.63, 3.8) is 0 Å². The van der Waals surface area contributed by atoms with Crippen molar-refractivity contribution < 1.29 is 9.90 Å². The van der Waals surface area contributed by atoms with Crippen LogP contribution >= 0.6 is 0 Å². The minimum Gasteiger partial charge on any atom is -0.477 e. The Morgan fingerprint density at radius 1 is 1.17 bits per heavy atom. The van der Waals surface area contributed by atoms with E-state index in [1.54, 1.807) is 18.2 Å². The molecule has 0 amide bonds. The van der Waals surface area contributed by atoms with Crippen molar-refractivity contribution in [3.8, 4) is 0 Å². The third-order valence-electron chi connectivity index (χ3n) is 2.81. The summed E-state index contributed by atoms with van der Waals surface area (Å²) in [5, 5.41) is 9.80. The minimum absolute atomic E-state index is 0.330. The van der Waals surface area contributed by atoms with E-state index >= 15 is 0 Å². The number of fused-ring (bicyclic) bond motifs is 3. The molecule has 18 heavy (non-hydrogen) atoms. The van der Waals surface area contributed by atoms with Crippen LogP contribution in [0.15, 0.2) is 47.4 Å². The number of aromatic carboxylic acids is 1. The maximum absolute atomic E-state index is 12.1. The first-order valence-corrected chi connectivity index (χ1v) is 5.31. The lowest BCUT2D eigenvalue weighted by molar-refractivity contribution is 0.0694. The van der Waals surface area contributed by atoms with Crippen LogP contribution in [-0.2, 0) is 0 Å². The zero-order valence-electron chi connectivity index (χ0n) is 9.20. The zero-order valence-corrected chi connectivity index (χ0v) is 9.20. The largest absolute Gasteiger partial charge is 0.477 e. The molecule has 1 N–H and O–H groups in total. The van der Waals surface area contributed by atoms with E-state index < -0.39 is 11.5 Å². The maximum Gasteiger partial charge on any atom is 0.342 e. The highest BCUT2D eigenvalue weighted by molar-refractivity contribution is 5.88. The fourth-order valence-electron chi connectivity index (χ4n) is 1.96. The van der Waals surface area contributed by atoms with E-state index in [2.05, 4.69) is 4.98 Å². The van der Waals surface area contributed by atoms with E-state index in [1.807, 2.05) is 18.2 Å². The molecule has 0 aliphatic heterocycles. The van der Waals surface area contributed by atoms with Gasteiger partial charge in [0.25, 0.3) is 5.56 Å². The van der Waals surface area contributed by atoms with Crippen molar-refractivity contribution in [2.75, 3.05) is 0 Å². The van der Waals surface area contributed by atoms with Gasteiger partial charge in [0.1, 0.15) is 11.2 Å². The molecular weight excluding hydrogens is 232 g/mol. The standard InChI is InChI=1S/C13H8N2O3/c16-12-9(13(17)18)7-14-11-6-5-8-3-1-2-4-10(8)15(11)12/h1-7H,(H,17,18). The molecule has 1 aromatic carbocycles. The molecule has 0 unspecified atom stereocenters. The Morgan fingerprint density at radius 2 is 1.94 bits per heavy atom. The average Bonchev–Trinajstić information content (AvgIpc) is 2.38. The van der Waals surface area contributed by atoms with Gasteiger partial charge < -0.3 is 5.11 Å². The molecule has 0 atom stereocenters. The predicted molar refractivity (Wildman–Crippen MR) is 65.9 cm³/mol. The summed E-state index contributed by atoms with van der Waals surface area (Å²) in [6, 6.07) is 10.8. The zero-order chi connectivity index (χ0) is 12.7. The van der Waals surface area contributed by atoms with E-state index in [1.165, 1.54) is 4.40 Å². The Bertz CT molecular complexity index is 836. The Hall–Kier alpha value is -2.69. The molecule has 0 fully saturated rings. The summed E-state index contributed by atoms with van der Waals surface area (Å²) in [7, 11) is 0. The van der Waals surface area contributed by atoms with E-state index in [-0.39, 0.29) is 5.56 Å². The highest BCUT2D eigenvalue weighted by Gasteiger charge is 2.12. The van der Waals surface area contributed by atoms with E-state index in [9.17, 15) is 9.59 Å². The lowest BCUT2D eigenvalue weighted by atomic mass is 10.2. The molecule has 88 valence electrons. The second-order valence-corrected chi connectivity index (χ2v) is 3.87.